The number of halogens is 1. The molecule has 2 nitrogen and oxygen atoms in total. The fraction of sp³-hybridized carbons (Fsp3) is 0.435. The van der Waals surface area contributed by atoms with Crippen LogP contribution in [0.25, 0.3) is 0 Å². The Bertz CT molecular complexity index is 731. The van der Waals surface area contributed by atoms with Crippen LogP contribution in [0, 0.1) is 23.1 Å². The van der Waals surface area contributed by atoms with Crippen LogP contribution in [0.5, 0.6) is 0 Å². The van der Waals surface area contributed by atoms with E-state index in [0.29, 0.717) is 5.92 Å². The van der Waals surface area contributed by atoms with Gasteiger partial charge < -0.3 is 4.90 Å². The number of benzene rings is 2. The van der Waals surface area contributed by atoms with E-state index in [9.17, 15) is 9.65 Å². The molecular weight excluding hydrogens is 323 g/mol. The first-order valence-corrected chi connectivity index (χ1v) is 9.54. The number of hydrogen-bond acceptors (Lipinski definition) is 2. The highest BCUT2D eigenvalue weighted by Crippen LogP contribution is 2.49. The second-order valence-electron chi connectivity index (χ2n) is 7.51. The molecule has 1 saturated carbocycles. The minimum atomic E-state index is -0.320. The summed E-state index contributed by atoms with van der Waals surface area (Å²) in [6.07, 6.45) is 5.19. The molecule has 2 aromatic rings. The van der Waals surface area contributed by atoms with Gasteiger partial charge >= 0.3 is 0 Å². The molecule has 1 fully saturated rings. The molecule has 0 heterocycles. The van der Waals surface area contributed by atoms with Crippen molar-refractivity contribution in [2.75, 3.05) is 20.1 Å². The summed E-state index contributed by atoms with van der Waals surface area (Å²) in [5.74, 6) is 0.329. The monoisotopic (exact) mass is 350 g/mol. The number of nitriles is 1. The summed E-state index contributed by atoms with van der Waals surface area (Å²) >= 11 is 0. The maximum atomic E-state index is 13.0. The number of rotatable bonds is 9. The Morgan fingerprint density at radius 3 is 2.38 bits per heavy atom. The van der Waals surface area contributed by atoms with Crippen molar-refractivity contribution >= 4 is 0 Å². The van der Waals surface area contributed by atoms with Crippen molar-refractivity contribution in [2.24, 2.45) is 5.92 Å². The van der Waals surface area contributed by atoms with Crippen molar-refractivity contribution in [2.45, 2.75) is 37.5 Å². The van der Waals surface area contributed by atoms with Gasteiger partial charge in [0.15, 0.2) is 0 Å². The van der Waals surface area contributed by atoms with Crippen LogP contribution in [0.1, 0.15) is 36.8 Å². The summed E-state index contributed by atoms with van der Waals surface area (Å²) in [5, 5.41) is 9.99. The lowest BCUT2D eigenvalue weighted by Gasteiger charge is -2.28. The lowest BCUT2D eigenvalue weighted by molar-refractivity contribution is 0.308. The molecule has 2 aromatic carbocycles. The molecule has 0 spiro atoms. The predicted octanol–water partition coefficient (Wildman–Crippen LogP) is 4.95. The predicted molar refractivity (Wildman–Crippen MR) is 103 cm³/mol. The largest absolute Gasteiger partial charge is 0.306 e. The van der Waals surface area contributed by atoms with Gasteiger partial charge in [0.05, 0.1) is 11.5 Å². The quantitative estimate of drug-likeness (QED) is 0.640. The Balaban J connectivity index is 1.52. The van der Waals surface area contributed by atoms with E-state index in [0.717, 1.165) is 37.9 Å². The zero-order chi connectivity index (χ0) is 18.4. The van der Waals surface area contributed by atoms with E-state index in [1.54, 1.807) is 0 Å². The molecule has 136 valence electrons. The lowest BCUT2D eigenvalue weighted by atomic mass is 9.74. The molecule has 0 N–H and O–H groups in total. The zero-order valence-electron chi connectivity index (χ0n) is 15.5. The molecule has 0 bridgehead atoms. The fourth-order valence-corrected chi connectivity index (χ4v) is 3.82. The Morgan fingerprint density at radius 2 is 1.77 bits per heavy atom. The van der Waals surface area contributed by atoms with Gasteiger partial charge in [0.1, 0.15) is 5.82 Å². The number of likely N-dealkylation sites (N-methyl/N-ethyl adjacent to an activating group) is 1. The second kappa shape index (κ2) is 8.47. The van der Waals surface area contributed by atoms with Crippen molar-refractivity contribution in [3.05, 3.63) is 71.5 Å². The minimum absolute atomic E-state index is 0.184. The summed E-state index contributed by atoms with van der Waals surface area (Å²) in [4.78, 5) is 2.31. The van der Waals surface area contributed by atoms with Gasteiger partial charge in [-0.1, -0.05) is 42.5 Å². The molecule has 0 radical (unpaired) electrons. The third kappa shape index (κ3) is 4.51. The topological polar surface area (TPSA) is 27.0 Å². The minimum Gasteiger partial charge on any atom is -0.306 e. The van der Waals surface area contributed by atoms with Gasteiger partial charge in [0.2, 0.25) is 0 Å². The molecule has 1 atom stereocenters. The normalized spacial score (nSPS) is 16.2. The van der Waals surface area contributed by atoms with Crippen molar-refractivity contribution in [1.29, 1.82) is 5.26 Å². The molecule has 0 aliphatic heterocycles. The smallest absolute Gasteiger partial charge is 0.123 e. The van der Waals surface area contributed by atoms with Gasteiger partial charge in [0, 0.05) is 6.54 Å². The number of hydrogen-bond donors (Lipinski definition) is 0. The molecule has 0 aromatic heterocycles. The summed E-state index contributed by atoms with van der Waals surface area (Å²) in [6, 6.07) is 19.7. The van der Waals surface area contributed by atoms with E-state index in [2.05, 4.69) is 30.1 Å². The van der Waals surface area contributed by atoms with Crippen molar-refractivity contribution in [1.82, 2.24) is 4.90 Å². The first-order chi connectivity index (χ1) is 12.6. The second-order valence-corrected chi connectivity index (χ2v) is 7.51. The highest BCUT2D eigenvalue weighted by Gasteiger charge is 2.46. The van der Waals surface area contributed by atoms with Crippen LogP contribution >= 0.6 is 0 Å². The molecule has 3 heteroatoms. The summed E-state index contributed by atoms with van der Waals surface area (Å²) in [6.45, 7) is 1.92. The highest BCUT2D eigenvalue weighted by atomic mass is 19.1. The Labute approximate surface area is 156 Å². The third-order valence-corrected chi connectivity index (χ3v) is 5.57. The number of nitrogens with zero attached hydrogens (tertiary/aromatic N) is 2. The maximum Gasteiger partial charge on any atom is 0.123 e. The van der Waals surface area contributed by atoms with Crippen molar-refractivity contribution in [3.8, 4) is 6.07 Å². The van der Waals surface area contributed by atoms with Crippen LogP contribution in [-0.4, -0.2) is 25.0 Å². The average Bonchev–Trinajstić information content (AvgIpc) is 3.51. The summed E-state index contributed by atoms with van der Waals surface area (Å²) in [5.41, 5.74) is 2.02. The van der Waals surface area contributed by atoms with Crippen LogP contribution in [0.3, 0.4) is 0 Å². The molecule has 0 unspecified atom stereocenters. The van der Waals surface area contributed by atoms with Crippen LogP contribution in [0.15, 0.2) is 54.6 Å². The molecule has 3 rings (SSSR count). The average molecular weight is 350 g/mol. The van der Waals surface area contributed by atoms with E-state index in [-0.39, 0.29) is 11.2 Å². The van der Waals surface area contributed by atoms with E-state index in [4.69, 9.17) is 0 Å². The molecule has 0 saturated heterocycles. The van der Waals surface area contributed by atoms with Crippen LogP contribution < -0.4 is 0 Å². The molecule has 0 amide bonds. The van der Waals surface area contributed by atoms with Crippen LogP contribution in [0.2, 0.25) is 0 Å². The Kier molecular flexibility index (Phi) is 6.06. The Hall–Kier alpha value is -2.18. The standard InChI is InChI=1S/C23H27FN2/c1-26(17-14-19-8-12-22(24)13-9-19)16-5-15-23(18-25,21-10-11-21)20-6-3-2-4-7-20/h2-4,6-9,12-13,21H,5,10-11,14-17H2,1H3/t23-/m1/s1. The lowest BCUT2D eigenvalue weighted by Crippen LogP contribution is -2.29. The summed E-state index contributed by atoms with van der Waals surface area (Å²) < 4.78 is 13.0. The molecule has 1 aliphatic rings. The molecular formula is C23H27FN2. The fourth-order valence-electron chi connectivity index (χ4n) is 3.82. The molecule has 26 heavy (non-hydrogen) atoms. The van der Waals surface area contributed by atoms with Gasteiger partial charge in [-0.2, -0.15) is 5.26 Å². The first kappa shape index (κ1) is 18.6. The van der Waals surface area contributed by atoms with Gasteiger partial charge in [-0.05, 0) is 74.9 Å². The van der Waals surface area contributed by atoms with Gasteiger partial charge in [-0.3, -0.25) is 0 Å². The molecule has 1 aliphatic carbocycles. The Morgan fingerprint density at radius 1 is 1.08 bits per heavy atom. The van der Waals surface area contributed by atoms with Crippen molar-refractivity contribution in [3.63, 3.8) is 0 Å². The van der Waals surface area contributed by atoms with Gasteiger partial charge in [0.25, 0.3) is 0 Å². The zero-order valence-corrected chi connectivity index (χ0v) is 15.5. The van der Waals surface area contributed by atoms with Gasteiger partial charge in [-0.15, -0.1) is 0 Å². The maximum absolute atomic E-state index is 13.0. The van der Waals surface area contributed by atoms with E-state index in [1.807, 2.05) is 30.3 Å². The first-order valence-electron chi connectivity index (χ1n) is 9.54. The van der Waals surface area contributed by atoms with E-state index >= 15 is 0 Å². The van der Waals surface area contributed by atoms with E-state index < -0.39 is 0 Å². The third-order valence-electron chi connectivity index (χ3n) is 5.57. The van der Waals surface area contributed by atoms with E-state index in [1.165, 1.54) is 30.5 Å². The van der Waals surface area contributed by atoms with Crippen molar-refractivity contribution < 1.29 is 4.39 Å². The summed E-state index contributed by atoms with van der Waals surface area (Å²) in [7, 11) is 2.12. The highest BCUT2D eigenvalue weighted by molar-refractivity contribution is 5.35. The van der Waals surface area contributed by atoms with Crippen LogP contribution in [0.4, 0.5) is 4.39 Å². The van der Waals surface area contributed by atoms with Crippen LogP contribution in [-0.2, 0) is 11.8 Å². The van der Waals surface area contributed by atoms with Gasteiger partial charge in [-0.25, -0.2) is 4.39 Å². The SMILES string of the molecule is CN(CCC[C@@](C#N)(c1ccccc1)C1CC1)CCc1ccc(F)cc1.